The molecule has 2 aromatic rings. The highest BCUT2D eigenvalue weighted by Crippen LogP contribution is 2.11. The maximum atomic E-state index is 12.4. The fourth-order valence-electron chi connectivity index (χ4n) is 2.04. The Morgan fingerprint density at radius 3 is 2.58 bits per heavy atom. The molecular weight excluding hydrogens is 348 g/mol. The van der Waals surface area contributed by atoms with Crippen molar-refractivity contribution in [2.24, 2.45) is 0 Å². The van der Waals surface area contributed by atoms with Crippen molar-refractivity contribution in [3.8, 4) is 0 Å². The van der Waals surface area contributed by atoms with Gasteiger partial charge in [0.05, 0.1) is 17.7 Å². The number of furan rings is 1. The Balaban J connectivity index is 2.05. The third-order valence-electron chi connectivity index (χ3n) is 3.30. The van der Waals surface area contributed by atoms with Crippen molar-refractivity contribution in [2.45, 2.75) is 23.9 Å². The van der Waals surface area contributed by atoms with Gasteiger partial charge >= 0.3 is 0 Å². The Labute approximate surface area is 146 Å². The number of amides is 1. The minimum atomic E-state index is -3.75. The Morgan fingerprint density at radius 1 is 1.21 bits per heavy atom. The number of carbonyl (C=O) groups excluding carboxylic acids is 1. The van der Waals surface area contributed by atoms with Crippen molar-refractivity contribution in [1.29, 1.82) is 0 Å². The molecule has 1 aromatic heterocycles. The maximum absolute atomic E-state index is 12.4. The van der Waals surface area contributed by atoms with E-state index in [1.807, 2.05) is 6.26 Å². The van der Waals surface area contributed by atoms with E-state index in [1.165, 1.54) is 18.4 Å². The van der Waals surface area contributed by atoms with Gasteiger partial charge in [0, 0.05) is 0 Å². The summed E-state index contributed by atoms with van der Waals surface area (Å²) in [7, 11) is -3.75. The molecule has 1 unspecified atom stereocenters. The number of nitrogens with one attached hydrogen (secondary N) is 2. The van der Waals surface area contributed by atoms with Crippen LogP contribution in [0.5, 0.6) is 0 Å². The Hall–Kier alpha value is -1.77. The second kappa shape index (κ2) is 8.91. The van der Waals surface area contributed by atoms with Crippen LogP contribution in [0.1, 0.15) is 12.2 Å². The first-order valence-electron chi connectivity index (χ1n) is 7.39. The maximum Gasteiger partial charge on any atom is 0.241 e. The summed E-state index contributed by atoms with van der Waals surface area (Å²) in [4.78, 5) is 12.5. The molecule has 6 nitrogen and oxygen atoms in total. The number of benzene rings is 1. The fraction of sp³-hybridized carbons (Fsp3) is 0.312. The molecule has 0 spiro atoms. The van der Waals surface area contributed by atoms with Gasteiger partial charge in [-0.15, -0.1) is 0 Å². The SMILES string of the molecule is CSCCC(NS(=O)(=O)c1ccccc1)C(=O)NCc1ccco1. The van der Waals surface area contributed by atoms with Crippen molar-refractivity contribution >= 4 is 27.7 Å². The normalized spacial score (nSPS) is 12.7. The van der Waals surface area contributed by atoms with Gasteiger partial charge in [-0.05, 0) is 42.7 Å². The summed E-state index contributed by atoms with van der Waals surface area (Å²) in [5.74, 6) is 0.897. The second-order valence-electron chi connectivity index (χ2n) is 5.07. The molecule has 2 N–H and O–H groups in total. The van der Waals surface area contributed by atoms with Crippen LogP contribution in [0.4, 0.5) is 0 Å². The van der Waals surface area contributed by atoms with Crippen LogP contribution in [0.15, 0.2) is 58.0 Å². The lowest BCUT2D eigenvalue weighted by Gasteiger charge is -2.18. The highest BCUT2D eigenvalue weighted by Gasteiger charge is 2.25. The minimum absolute atomic E-state index is 0.137. The molecule has 1 aromatic carbocycles. The van der Waals surface area contributed by atoms with Crippen LogP contribution in [0.2, 0.25) is 0 Å². The summed E-state index contributed by atoms with van der Waals surface area (Å²) >= 11 is 1.55. The number of hydrogen-bond donors (Lipinski definition) is 2. The van der Waals surface area contributed by atoms with E-state index in [-0.39, 0.29) is 17.3 Å². The molecule has 24 heavy (non-hydrogen) atoms. The van der Waals surface area contributed by atoms with Gasteiger partial charge in [0.15, 0.2) is 0 Å². The zero-order valence-electron chi connectivity index (χ0n) is 13.3. The van der Waals surface area contributed by atoms with Gasteiger partial charge in [0.1, 0.15) is 11.8 Å². The zero-order chi connectivity index (χ0) is 17.4. The van der Waals surface area contributed by atoms with Gasteiger partial charge < -0.3 is 9.73 Å². The third-order valence-corrected chi connectivity index (χ3v) is 5.43. The standard InChI is InChI=1S/C16H20N2O4S2/c1-23-11-9-15(16(19)17-12-13-6-5-10-22-13)18-24(20,21)14-7-3-2-4-8-14/h2-8,10,15,18H,9,11-12H2,1H3,(H,17,19). The number of sulfonamides is 1. The quantitative estimate of drug-likeness (QED) is 0.707. The molecular formula is C16H20N2O4S2. The van der Waals surface area contributed by atoms with Crippen LogP contribution >= 0.6 is 11.8 Å². The Kier molecular flexibility index (Phi) is 6.89. The van der Waals surface area contributed by atoms with Crippen molar-refractivity contribution in [3.63, 3.8) is 0 Å². The monoisotopic (exact) mass is 368 g/mol. The van der Waals surface area contributed by atoms with Gasteiger partial charge in [-0.25, -0.2) is 8.42 Å². The number of rotatable bonds is 9. The first-order chi connectivity index (χ1) is 11.5. The van der Waals surface area contributed by atoms with Crippen molar-refractivity contribution in [3.05, 3.63) is 54.5 Å². The number of carbonyl (C=O) groups is 1. The fourth-order valence-corrected chi connectivity index (χ4v) is 3.77. The Morgan fingerprint density at radius 2 is 1.96 bits per heavy atom. The molecule has 2 rings (SSSR count). The van der Waals surface area contributed by atoms with E-state index in [2.05, 4.69) is 10.0 Å². The molecule has 0 saturated heterocycles. The van der Waals surface area contributed by atoms with Crippen LogP contribution in [0.3, 0.4) is 0 Å². The molecule has 1 amide bonds. The minimum Gasteiger partial charge on any atom is -0.467 e. The molecule has 1 heterocycles. The lowest BCUT2D eigenvalue weighted by molar-refractivity contribution is -0.123. The summed E-state index contributed by atoms with van der Waals surface area (Å²) in [6, 6.07) is 10.6. The van der Waals surface area contributed by atoms with Crippen LogP contribution in [0.25, 0.3) is 0 Å². The summed E-state index contributed by atoms with van der Waals surface area (Å²) in [5.41, 5.74) is 0. The van der Waals surface area contributed by atoms with E-state index in [9.17, 15) is 13.2 Å². The molecule has 0 aliphatic heterocycles. The molecule has 0 bridgehead atoms. The van der Waals surface area contributed by atoms with Crippen molar-refractivity contribution < 1.29 is 17.6 Å². The van der Waals surface area contributed by atoms with E-state index in [4.69, 9.17) is 4.42 Å². The molecule has 130 valence electrons. The number of thioether (sulfide) groups is 1. The topological polar surface area (TPSA) is 88.4 Å². The molecule has 0 fully saturated rings. The summed E-state index contributed by atoms with van der Waals surface area (Å²) < 4.78 is 32.5. The predicted molar refractivity (Wildman–Crippen MR) is 94.1 cm³/mol. The average Bonchev–Trinajstić information content (AvgIpc) is 3.10. The van der Waals surface area contributed by atoms with Gasteiger partial charge in [-0.2, -0.15) is 16.5 Å². The molecule has 0 aliphatic rings. The highest BCUT2D eigenvalue weighted by molar-refractivity contribution is 7.98. The average molecular weight is 368 g/mol. The summed E-state index contributed by atoms with van der Waals surface area (Å²) in [6.45, 7) is 0.217. The van der Waals surface area contributed by atoms with Crippen molar-refractivity contribution in [2.75, 3.05) is 12.0 Å². The van der Waals surface area contributed by atoms with Gasteiger partial charge in [0.25, 0.3) is 0 Å². The van der Waals surface area contributed by atoms with Gasteiger partial charge in [-0.1, -0.05) is 18.2 Å². The lowest BCUT2D eigenvalue weighted by Crippen LogP contribution is -2.46. The van der Waals surface area contributed by atoms with Crippen LogP contribution in [-0.2, 0) is 21.4 Å². The Bertz CT molecular complexity index is 731. The smallest absolute Gasteiger partial charge is 0.241 e. The predicted octanol–water partition coefficient (Wildman–Crippen LogP) is 2.00. The summed E-state index contributed by atoms with van der Waals surface area (Å²) in [6.07, 6.45) is 3.82. The van der Waals surface area contributed by atoms with E-state index < -0.39 is 16.1 Å². The van der Waals surface area contributed by atoms with Crippen LogP contribution < -0.4 is 10.0 Å². The highest BCUT2D eigenvalue weighted by atomic mass is 32.2. The third kappa shape index (κ3) is 5.40. The van der Waals surface area contributed by atoms with E-state index in [1.54, 1.807) is 42.1 Å². The van der Waals surface area contributed by atoms with Crippen LogP contribution in [-0.4, -0.2) is 32.4 Å². The van der Waals surface area contributed by atoms with Gasteiger partial charge in [-0.3, -0.25) is 4.79 Å². The first-order valence-corrected chi connectivity index (χ1v) is 10.3. The van der Waals surface area contributed by atoms with E-state index >= 15 is 0 Å². The molecule has 8 heteroatoms. The first kappa shape index (κ1) is 18.6. The van der Waals surface area contributed by atoms with Gasteiger partial charge in [0.2, 0.25) is 15.9 Å². The molecule has 1 atom stereocenters. The summed E-state index contributed by atoms with van der Waals surface area (Å²) in [5, 5.41) is 2.70. The zero-order valence-corrected chi connectivity index (χ0v) is 14.9. The van der Waals surface area contributed by atoms with Crippen molar-refractivity contribution in [1.82, 2.24) is 10.0 Å². The molecule has 0 aliphatic carbocycles. The van der Waals surface area contributed by atoms with Crippen LogP contribution in [0, 0.1) is 0 Å². The largest absolute Gasteiger partial charge is 0.467 e. The lowest BCUT2D eigenvalue weighted by atomic mass is 10.2. The second-order valence-corrected chi connectivity index (χ2v) is 7.77. The number of hydrogen-bond acceptors (Lipinski definition) is 5. The van der Waals surface area contributed by atoms with E-state index in [0.29, 0.717) is 17.9 Å². The van der Waals surface area contributed by atoms with E-state index in [0.717, 1.165) is 0 Å². The molecule has 0 radical (unpaired) electrons. The molecule has 0 saturated carbocycles.